The quantitative estimate of drug-likeness (QED) is 0.554. The molecular formula is C25H34N4O3. The van der Waals surface area contributed by atoms with Crippen molar-refractivity contribution in [2.45, 2.75) is 52.1 Å². The van der Waals surface area contributed by atoms with Gasteiger partial charge in [0.15, 0.2) is 5.96 Å². The van der Waals surface area contributed by atoms with E-state index in [1.807, 2.05) is 18.2 Å². The third-order valence-electron chi connectivity index (χ3n) is 7.84. The second-order valence-electron chi connectivity index (χ2n) is 10.7. The summed E-state index contributed by atoms with van der Waals surface area (Å²) in [5.41, 5.74) is 8.09. The first-order valence-corrected chi connectivity index (χ1v) is 11.4. The summed E-state index contributed by atoms with van der Waals surface area (Å²) in [6.07, 6.45) is 2.66. The Morgan fingerprint density at radius 3 is 2.50 bits per heavy atom. The van der Waals surface area contributed by atoms with Crippen LogP contribution >= 0.6 is 0 Å². The van der Waals surface area contributed by atoms with Crippen molar-refractivity contribution in [3.8, 4) is 6.07 Å². The molecule has 1 aromatic carbocycles. The lowest BCUT2D eigenvalue weighted by Gasteiger charge is -2.49. The normalized spacial score (nSPS) is 32.6. The lowest BCUT2D eigenvalue weighted by Crippen LogP contribution is -2.56. The van der Waals surface area contributed by atoms with E-state index < -0.39 is 5.92 Å². The number of benzene rings is 1. The minimum absolute atomic E-state index is 0.130. The van der Waals surface area contributed by atoms with Gasteiger partial charge in [-0.25, -0.2) is 0 Å². The molecule has 1 spiro atoms. The van der Waals surface area contributed by atoms with Crippen molar-refractivity contribution in [3.05, 3.63) is 34.9 Å². The molecule has 2 fully saturated rings. The molecule has 32 heavy (non-hydrogen) atoms. The summed E-state index contributed by atoms with van der Waals surface area (Å²) in [7, 11) is 1.76. The fraction of sp³-hybridized carbons (Fsp3) is 0.640. The number of hydrogen-bond acceptors (Lipinski definition) is 5. The van der Waals surface area contributed by atoms with E-state index in [9.17, 15) is 10.1 Å². The van der Waals surface area contributed by atoms with Crippen molar-refractivity contribution < 1.29 is 14.3 Å². The van der Waals surface area contributed by atoms with Gasteiger partial charge in [0.25, 0.3) is 0 Å². The lowest BCUT2D eigenvalue weighted by molar-refractivity contribution is -0.144. The zero-order chi connectivity index (χ0) is 23.3. The molecule has 2 aliphatic carbocycles. The predicted octanol–water partition coefficient (Wildman–Crippen LogP) is 3.02. The Kier molecular flexibility index (Phi) is 5.81. The van der Waals surface area contributed by atoms with E-state index in [0.29, 0.717) is 37.2 Å². The van der Waals surface area contributed by atoms with Gasteiger partial charge in [-0.2, -0.15) is 5.26 Å². The Labute approximate surface area is 190 Å². The van der Waals surface area contributed by atoms with Crippen LogP contribution < -0.4 is 5.73 Å². The predicted molar refractivity (Wildman–Crippen MR) is 121 cm³/mol. The maximum absolute atomic E-state index is 14.2. The van der Waals surface area contributed by atoms with Gasteiger partial charge in [-0.05, 0) is 59.8 Å². The molecule has 1 amide bonds. The average molecular weight is 439 g/mol. The highest BCUT2D eigenvalue weighted by molar-refractivity contribution is 5.99. The molecule has 1 saturated heterocycles. The van der Waals surface area contributed by atoms with Crippen LogP contribution in [0.25, 0.3) is 0 Å². The van der Waals surface area contributed by atoms with Gasteiger partial charge in [-0.3, -0.25) is 15.1 Å². The molecule has 3 N–H and O–H groups in total. The SMILES string of the molecule is COC1[C@H](C)CC2(Cc3ccc(C#N)cc3[C@H]2C(=O)N(CC2(C)COC2)C(=N)N)C[C@@H]1C. The van der Waals surface area contributed by atoms with E-state index in [1.54, 1.807) is 7.11 Å². The highest BCUT2D eigenvalue weighted by atomic mass is 16.5. The summed E-state index contributed by atoms with van der Waals surface area (Å²) in [6, 6.07) is 7.93. The number of nitrogens with two attached hydrogens (primary N) is 1. The highest BCUT2D eigenvalue weighted by Crippen LogP contribution is 2.58. The van der Waals surface area contributed by atoms with Gasteiger partial charge in [-0.15, -0.1) is 0 Å². The Morgan fingerprint density at radius 2 is 2.00 bits per heavy atom. The van der Waals surface area contributed by atoms with Gasteiger partial charge in [0.2, 0.25) is 5.91 Å². The standard InChI is InChI=1S/C25H34N4O3/c1-15-8-25(9-16(2)21(15)31-4)10-18-6-5-17(11-26)7-19(18)20(25)22(30)29(23(27)28)12-24(3)13-32-14-24/h5-7,15-16,20-21H,8-10,12-14H2,1-4H3,(H3,27,28)/t15-,16+,20-,21?,25?/m0/s1. The van der Waals surface area contributed by atoms with Gasteiger partial charge in [0.1, 0.15) is 0 Å². The van der Waals surface area contributed by atoms with Gasteiger partial charge < -0.3 is 15.2 Å². The van der Waals surface area contributed by atoms with Crippen LogP contribution in [0.4, 0.5) is 0 Å². The van der Waals surface area contributed by atoms with Gasteiger partial charge in [0.05, 0.1) is 36.9 Å². The third-order valence-corrected chi connectivity index (χ3v) is 7.84. The van der Waals surface area contributed by atoms with Crippen molar-refractivity contribution in [2.75, 3.05) is 26.9 Å². The molecule has 2 unspecified atom stereocenters. The Balaban J connectivity index is 1.77. The number of methoxy groups -OCH3 is 1. The minimum atomic E-state index is -0.429. The Bertz CT molecular complexity index is 952. The molecule has 1 aliphatic heterocycles. The molecule has 5 atom stereocenters. The molecule has 1 saturated carbocycles. The largest absolute Gasteiger partial charge is 0.381 e. The number of hydrogen-bond donors (Lipinski definition) is 2. The Hall–Kier alpha value is -2.43. The number of carbonyl (C=O) groups excluding carboxylic acids is 1. The average Bonchev–Trinajstić information content (AvgIpc) is 3.01. The molecular weight excluding hydrogens is 404 g/mol. The molecule has 3 aliphatic rings. The van der Waals surface area contributed by atoms with Crippen LogP contribution in [-0.2, 0) is 20.7 Å². The molecule has 4 rings (SSSR count). The molecule has 7 heteroatoms. The zero-order valence-electron chi connectivity index (χ0n) is 19.5. The summed E-state index contributed by atoms with van der Waals surface area (Å²) in [5.74, 6) is -0.189. The molecule has 0 bridgehead atoms. The van der Waals surface area contributed by atoms with Crippen LogP contribution in [0.2, 0.25) is 0 Å². The summed E-state index contributed by atoms with van der Waals surface area (Å²) < 4.78 is 11.2. The van der Waals surface area contributed by atoms with E-state index in [-0.39, 0.29) is 28.8 Å². The first-order valence-electron chi connectivity index (χ1n) is 11.4. The van der Waals surface area contributed by atoms with Gasteiger partial charge >= 0.3 is 0 Å². The number of guanidine groups is 1. The maximum atomic E-state index is 14.2. The first-order chi connectivity index (χ1) is 15.1. The van der Waals surface area contributed by atoms with Gasteiger partial charge in [-0.1, -0.05) is 26.8 Å². The lowest BCUT2D eigenvalue weighted by atomic mass is 9.59. The molecule has 0 aromatic heterocycles. The minimum Gasteiger partial charge on any atom is -0.381 e. The fourth-order valence-corrected chi connectivity index (χ4v) is 6.67. The van der Waals surface area contributed by atoms with E-state index in [2.05, 4.69) is 26.8 Å². The number of fused-ring (bicyclic) bond motifs is 1. The number of nitrogens with zero attached hydrogens (tertiary/aromatic N) is 2. The summed E-state index contributed by atoms with van der Waals surface area (Å²) in [4.78, 5) is 15.6. The molecule has 1 aromatic rings. The van der Waals surface area contributed by atoms with E-state index in [1.165, 1.54) is 4.90 Å². The second-order valence-corrected chi connectivity index (χ2v) is 10.7. The van der Waals surface area contributed by atoms with Crippen molar-refractivity contribution in [2.24, 2.45) is 28.4 Å². The van der Waals surface area contributed by atoms with Crippen molar-refractivity contribution in [1.82, 2.24) is 4.90 Å². The van der Waals surface area contributed by atoms with E-state index >= 15 is 0 Å². The van der Waals surface area contributed by atoms with Crippen LogP contribution in [0.1, 0.15) is 56.2 Å². The molecule has 0 radical (unpaired) electrons. The monoisotopic (exact) mass is 438 g/mol. The maximum Gasteiger partial charge on any atom is 0.237 e. The third kappa shape index (κ3) is 3.70. The van der Waals surface area contributed by atoms with Crippen molar-refractivity contribution in [3.63, 3.8) is 0 Å². The number of rotatable bonds is 4. The van der Waals surface area contributed by atoms with E-state index in [4.69, 9.17) is 20.6 Å². The number of carbonyl (C=O) groups is 1. The highest BCUT2D eigenvalue weighted by Gasteiger charge is 2.56. The first kappa shape index (κ1) is 22.8. The number of nitriles is 1. The van der Waals surface area contributed by atoms with Crippen LogP contribution in [0.5, 0.6) is 0 Å². The summed E-state index contributed by atoms with van der Waals surface area (Å²) in [5, 5.41) is 17.7. The van der Waals surface area contributed by atoms with Crippen LogP contribution in [-0.4, -0.2) is 49.7 Å². The smallest absolute Gasteiger partial charge is 0.237 e. The van der Waals surface area contributed by atoms with Gasteiger partial charge in [0, 0.05) is 19.1 Å². The second kappa shape index (κ2) is 8.17. The number of ether oxygens (including phenoxy) is 2. The van der Waals surface area contributed by atoms with E-state index in [0.717, 1.165) is 30.4 Å². The molecule has 7 nitrogen and oxygen atoms in total. The Morgan fingerprint density at radius 1 is 1.34 bits per heavy atom. The van der Waals surface area contributed by atoms with Crippen LogP contribution in [0, 0.1) is 39.4 Å². The summed E-state index contributed by atoms with van der Waals surface area (Å²) >= 11 is 0. The topological polar surface area (TPSA) is 112 Å². The van der Waals surface area contributed by atoms with Crippen LogP contribution in [0.15, 0.2) is 18.2 Å². The zero-order valence-corrected chi connectivity index (χ0v) is 19.5. The van der Waals surface area contributed by atoms with Crippen molar-refractivity contribution in [1.29, 1.82) is 10.7 Å². The number of nitrogens with one attached hydrogen (secondary N) is 1. The molecule has 172 valence electrons. The molecule has 1 heterocycles. The van der Waals surface area contributed by atoms with Crippen LogP contribution in [0.3, 0.4) is 0 Å². The number of amides is 1. The van der Waals surface area contributed by atoms with Crippen molar-refractivity contribution >= 4 is 11.9 Å². The fourth-order valence-electron chi connectivity index (χ4n) is 6.67. The summed E-state index contributed by atoms with van der Waals surface area (Å²) in [6.45, 7) is 7.93.